The number of ether oxygens (including phenoxy) is 1. The van der Waals surface area contributed by atoms with Crippen LogP contribution >= 0.6 is 0 Å². The number of aryl methyl sites for hydroxylation is 1. The van der Waals surface area contributed by atoms with Crippen LogP contribution in [0.25, 0.3) is 0 Å². The van der Waals surface area contributed by atoms with Crippen LogP contribution in [-0.2, 0) is 11.3 Å². The zero-order valence-electron chi connectivity index (χ0n) is 12.4. The Kier molecular flexibility index (Phi) is 5.40. The van der Waals surface area contributed by atoms with E-state index in [4.69, 9.17) is 4.74 Å². The monoisotopic (exact) mass is 265 g/mol. The summed E-state index contributed by atoms with van der Waals surface area (Å²) >= 11 is 0. The highest BCUT2D eigenvalue weighted by Gasteiger charge is 2.34. The molecular formula is C15H27N3O. The largest absolute Gasteiger partial charge is 0.378 e. The lowest BCUT2D eigenvalue weighted by molar-refractivity contribution is 0.0774. The Morgan fingerprint density at radius 3 is 2.95 bits per heavy atom. The lowest BCUT2D eigenvalue weighted by Crippen LogP contribution is -2.33. The van der Waals surface area contributed by atoms with Gasteiger partial charge in [-0.05, 0) is 32.7 Å². The van der Waals surface area contributed by atoms with E-state index in [1.54, 1.807) is 0 Å². The van der Waals surface area contributed by atoms with E-state index < -0.39 is 0 Å². The molecule has 1 aliphatic rings. The summed E-state index contributed by atoms with van der Waals surface area (Å²) in [6.07, 6.45) is 7.98. The molecule has 3 atom stereocenters. The van der Waals surface area contributed by atoms with Crippen LogP contribution in [-0.4, -0.2) is 29.0 Å². The fourth-order valence-electron chi connectivity index (χ4n) is 3.00. The molecule has 0 aliphatic carbocycles. The molecule has 2 heterocycles. The third kappa shape index (κ3) is 3.37. The fourth-order valence-corrected chi connectivity index (χ4v) is 3.00. The molecule has 0 amide bonds. The summed E-state index contributed by atoms with van der Waals surface area (Å²) in [5.41, 5.74) is 1.31. The first kappa shape index (κ1) is 14.5. The second kappa shape index (κ2) is 7.06. The van der Waals surface area contributed by atoms with Crippen molar-refractivity contribution in [1.29, 1.82) is 0 Å². The van der Waals surface area contributed by atoms with Crippen LogP contribution < -0.4 is 5.32 Å². The molecule has 0 aromatic carbocycles. The highest BCUT2D eigenvalue weighted by molar-refractivity contribution is 5.13. The molecule has 1 N–H and O–H groups in total. The third-order valence-electron chi connectivity index (χ3n) is 4.04. The third-order valence-corrected chi connectivity index (χ3v) is 4.04. The molecule has 1 fully saturated rings. The van der Waals surface area contributed by atoms with Crippen LogP contribution in [0, 0.1) is 5.92 Å². The molecule has 1 aromatic heterocycles. The number of rotatable bonds is 7. The predicted octanol–water partition coefficient (Wildman–Crippen LogP) is 2.76. The Labute approximate surface area is 116 Å². The minimum absolute atomic E-state index is 0.382. The fraction of sp³-hybridized carbons (Fsp3) is 0.800. The minimum Gasteiger partial charge on any atom is -0.378 e. The molecule has 0 radical (unpaired) electrons. The van der Waals surface area contributed by atoms with Crippen molar-refractivity contribution in [2.24, 2.45) is 5.92 Å². The lowest BCUT2D eigenvalue weighted by atomic mass is 9.88. The van der Waals surface area contributed by atoms with Gasteiger partial charge in [-0.15, -0.1) is 0 Å². The van der Waals surface area contributed by atoms with E-state index >= 15 is 0 Å². The summed E-state index contributed by atoms with van der Waals surface area (Å²) in [7, 11) is 0. The van der Waals surface area contributed by atoms with E-state index in [1.165, 1.54) is 5.56 Å². The van der Waals surface area contributed by atoms with E-state index in [0.717, 1.165) is 39.0 Å². The van der Waals surface area contributed by atoms with Gasteiger partial charge in [0.1, 0.15) is 0 Å². The van der Waals surface area contributed by atoms with Crippen molar-refractivity contribution in [3.8, 4) is 0 Å². The highest BCUT2D eigenvalue weighted by Crippen LogP contribution is 2.34. The summed E-state index contributed by atoms with van der Waals surface area (Å²) in [5.74, 6) is 0.575. The van der Waals surface area contributed by atoms with Crippen molar-refractivity contribution in [3.63, 3.8) is 0 Å². The Bertz CT molecular complexity index is 377. The van der Waals surface area contributed by atoms with Crippen molar-refractivity contribution in [3.05, 3.63) is 18.0 Å². The van der Waals surface area contributed by atoms with Crippen molar-refractivity contribution < 1.29 is 4.74 Å². The van der Waals surface area contributed by atoms with E-state index in [-0.39, 0.29) is 0 Å². The molecule has 2 rings (SSSR count). The summed E-state index contributed by atoms with van der Waals surface area (Å²) in [6, 6.07) is 0.382. The summed E-state index contributed by atoms with van der Waals surface area (Å²) < 4.78 is 7.87. The molecule has 1 aliphatic heterocycles. The first-order chi connectivity index (χ1) is 9.30. The van der Waals surface area contributed by atoms with Crippen LogP contribution in [0.1, 0.15) is 51.6 Å². The summed E-state index contributed by atoms with van der Waals surface area (Å²) in [4.78, 5) is 0. The van der Waals surface area contributed by atoms with Gasteiger partial charge in [-0.2, -0.15) is 5.10 Å². The molecule has 3 unspecified atom stereocenters. The number of nitrogens with one attached hydrogen (secondary N) is 1. The first-order valence-corrected chi connectivity index (χ1v) is 7.67. The normalized spacial score (nSPS) is 24.8. The molecule has 0 bridgehead atoms. The van der Waals surface area contributed by atoms with Gasteiger partial charge in [-0.3, -0.25) is 4.68 Å². The van der Waals surface area contributed by atoms with Gasteiger partial charge < -0.3 is 10.1 Å². The molecule has 19 heavy (non-hydrogen) atoms. The Morgan fingerprint density at radius 2 is 2.32 bits per heavy atom. The van der Waals surface area contributed by atoms with Crippen molar-refractivity contribution in [2.75, 3.05) is 13.2 Å². The Balaban J connectivity index is 2.14. The van der Waals surface area contributed by atoms with E-state index in [2.05, 4.69) is 37.4 Å². The maximum atomic E-state index is 5.86. The van der Waals surface area contributed by atoms with E-state index in [0.29, 0.717) is 18.1 Å². The Hall–Kier alpha value is -0.870. The lowest BCUT2D eigenvalue weighted by Gasteiger charge is -2.27. The zero-order valence-corrected chi connectivity index (χ0v) is 12.4. The van der Waals surface area contributed by atoms with Gasteiger partial charge in [-0.1, -0.05) is 13.8 Å². The number of aromatic nitrogens is 2. The first-order valence-electron chi connectivity index (χ1n) is 7.67. The quantitative estimate of drug-likeness (QED) is 0.824. The molecule has 0 saturated carbocycles. The zero-order chi connectivity index (χ0) is 13.7. The number of hydrogen-bond donors (Lipinski definition) is 1. The van der Waals surface area contributed by atoms with Crippen LogP contribution in [0.2, 0.25) is 0 Å². The van der Waals surface area contributed by atoms with Gasteiger partial charge in [-0.25, -0.2) is 0 Å². The second-order valence-electron chi connectivity index (χ2n) is 5.33. The molecule has 4 nitrogen and oxygen atoms in total. The van der Waals surface area contributed by atoms with Crippen LogP contribution in [0.15, 0.2) is 12.4 Å². The smallest absolute Gasteiger partial charge is 0.0619 e. The number of hydrogen-bond acceptors (Lipinski definition) is 3. The van der Waals surface area contributed by atoms with E-state index in [9.17, 15) is 0 Å². The number of nitrogens with zero attached hydrogens (tertiary/aromatic N) is 2. The summed E-state index contributed by atoms with van der Waals surface area (Å²) in [6.45, 7) is 9.43. The van der Waals surface area contributed by atoms with Crippen LogP contribution in [0.3, 0.4) is 0 Å². The van der Waals surface area contributed by atoms with Crippen LogP contribution in [0.5, 0.6) is 0 Å². The van der Waals surface area contributed by atoms with Gasteiger partial charge in [0, 0.05) is 36.9 Å². The molecule has 1 aromatic rings. The topological polar surface area (TPSA) is 39.1 Å². The van der Waals surface area contributed by atoms with Gasteiger partial charge in [0.15, 0.2) is 0 Å². The van der Waals surface area contributed by atoms with Gasteiger partial charge in [0.2, 0.25) is 0 Å². The molecule has 108 valence electrons. The second-order valence-corrected chi connectivity index (χ2v) is 5.33. The maximum absolute atomic E-state index is 5.86. The summed E-state index contributed by atoms with van der Waals surface area (Å²) in [5, 5.41) is 8.12. The highest BCUT2D eigenvalue weighted by atomic mass is 16.5. The average molecular weight is 265 g/mol. The molecule has 0 spiro atoms. The van der Waals surface area contributed by atoms with Crippen molar-refractivity contribution >= 4 is 0 Å². The van der Waals surface area contributed by atoms with Crippen molar-refractivity contribution in [2.45, 2.75) is 58.7 Å². The van der Waals surface area contributed by atoms with Crippen LogP contribution in [0.4, 0.5) is 0 Å². The van der Waals surface area contributed by atoms with Gasteiger partial charge >= 0.3 is 0 Å². The Morgan fingerprint density at radius 1 is 1.47 bits per heavy atom. The molecule has 1 saturated heterocycles. The minimum atomic E-state index is 0.382. The predicted molar refractivity (Wildman–Crippen MR) is 77.1 cm³/mol. The average Bonchev–Trinajstić information content (AvgIpc) is 3.08. The molecular weight excluding hydrogens is 238 g/mol. The standard InChI is InChI=1S/C15H27N3O/c1-4-8-16-15(12-10-17-18(6-3)11-12)13-7-9-19-14(13)5-2/h10-11,13-16H,4-9H2,1-3H3. The SMILES string of the molecule is CCCNC(c1cnn(CC)c1)C1CCOC1CC. The van der Waals surface area contributed by atoms with Gasteiger partial charge in [0.05, 0.1) is 12.3 Å². The van der Waals surface area contributed by atoms with Crippen molar-refractivity contribution in [1.82, 2.24) is 15.1 Å². The molecule has 4 heteroatoms. The van der Waals surface area contributed by atoms with Gasteiger partial charge in [0.25, 0.3) is 0 Å². The van der Waals surface area contributed by atoms with E-state index in [1.807, 2.05) is 10.9 Å². The maximum Gasteiger partial charge on any atom is 0.0619 e.